The number of benzene rings is 2. The van der Waals surface area contributed by atoms with Crippen LogP contribution in [-0.2, 0) is 13.1 Å². The molecule has 0 aromatic heterocycles. The van der Waals surface area contributed by atoms with Gasteiger partial charge in [0.05, 0.1) is 7.11 Å². The van der Waals surface area contributed by atoms with E-state index in [1.165, 1.54) is 16.7 Å². The summed E-state index contributed by atoms with van der Waals surface area (Å²) in [6, 6.07) is 14.5. The van der Waals surface area contributed by atoms with Gasteiger partial charge < -0.3 is 10.1 Å². The lowest BCUT2D eigenvalue weighted by atomic mass is 10.1. The lowest BCUT2D eigenvalue weighted by Gasteiger charge is -2.10. The molecule has 2 aromatic carbocycles. The van der Waals surface area contributed by atoms with Gasteiger partial charge in [-0.3, -0.25) is 0 Å². The van der Waals surface area contributed by atoms with Crippen molar-refractivity contribution in [3.05, 3.63) is 63.6 Å². The van der Waals surface area contributed by atoms with Crippen molar-refractivity contribution in [2.24, 2.45) is 0 Å². The van der Waals surface area contributed by atoms with E-state index in [4.69, 9.17) is 4.74 Å². The van der Waals surface area contributed by atoms with Gasteiger partial charge >= 0.3 is 0 Å². The molecule has 100 valence electrons. The van der Waals surface area contributed by atoms with Crippen molar-refractivity contribution in [1.82, 2.24) is 5.32 Å². The molecular formula is C16H18BrNO. The summed E-state index contributed by atoms with van der Waals surface area (Å²) in [5, 5.41) is 3.44. The molecule has 2 nitrogen and oxygen atoms in total. The van der Waals surface area contributed by atoms with E-state index in [-0.39, 0.29) is 0 Å². The standard InChI is InChI=1S/C16H18BrNO/c1-12-9-13(7-8-15(12)17)10-18-11-14-5-3-4-6-16(14)19-2/h3-9,18H,10-11H2,1-2H3. The molecule has 0 atom stereocenters. The zero-order valence-electron chi connectivity index (χ0n) is 11.2. The van der Waals surface area contributed by atoms with Gasteiger partial charge in [-0.25, -0.2) is 0 Å². The summed E-state index contributed by atoms with van der Waals surface area (Å²) < 4.78 is 6.49. The second-order valence-corrected chi connectivity index (χ2v) is 5.35. The number of methoxy groups -OCH3 is 1. The molecule has 2 aromatic rings. The summed E-state index contributed by atoms with van der Waals surface area (Å²) in [5.74, 6) is 0.932. The highest BCUT2D eigenvalue weighted by molar-refractivity contribution is 9.10. The number of hydrogen-bond donors (Lipinski definition) is 1. The molecule has 19 heavy (non-hydrogen) atoms. The summed E-state index contributed by atoms with van der Waals surface area (Å²) >= 11 is 3.52. The first-order chi connectivity index (χ1) is 9.20. The number of ether oxygens (including phenoxy) is 1. The normalized spacial score (nSPS) is 10.5. The Balaban J connectivity index is 1.94. The van der Waals surface area contributed by atoms with Crippen molar-refractivity contribution >= 4 is 15.9 Å². The van der Waals surface area contributed by atoms with E-state index in [0.29, 0.717) is 0 Å². The van der Waals surface area contributed by atoms with Gasteiger partial charge in [0.15, 0.2) is 0 Å². The third-order valence-electron chi connectivity index (χ3n) is 3.06. The maximum Gasteiger partial charge on any atom is 0.123 e. The Bertz CT molecular complexity index is 554. The maximum absolute atomic E-state index is 5.34. The molecule has 1 N–H and O–H groups in total. The number of hydrogen-bond acceptors (Lipinski definition) is 2. The molecule has 0 saturated carbocycles. The van der Waals surface area contributed by atoms with Crippen molar-refractivity contribution in [2.45, 2.75) is 20.0 Å². The van der Waals surface area contributed by atoms with E-state index in [9.17, 15) is 0 Å². The SMILES string of the molecule is COc1ccccc1CNCc1ccc(Br)c(C)c1. The van der Waals surface area contributed by atoms with Gasteiger partial charge in [-0.05, 0) is 30.2 Å². The molecule has 0 aliphatic carbocycles. The van der Waals surface area contributed by atoms with E-state index in [1.807, 2.05) is 18.2 Å². The zero-order valence-corrected chi connectivity index (χ0v) is 12.8. The number of nitrogens with one attached hydrogen (secondary N) is 1. The van der Waals surface area contributed by atoms with Gasteiger partial charge in [-0.15, -0.1) is 0 Å². The topological polar surface area (TPSA) is 21.3 Å². The van der Waals surface area contributed by atoms with Crippen LogP contribution in [0.25, 0.3) is 0 Å². The molecule has 0 unspecified atom stereocenters. The quantitative estimate of drug-likeness (QED) is 0.897. The summed E-state index contributed by atoms with van der Waals surface area (Å²) in [6.45, 7) is 3.76. The Morgan fingerprint density at radius 3 is 2.63 bits per heavy atom. The fourth-order valence-corrected chi connectivity index (χ4v) is 2.25. The highest BCUT2D eigenvalue weighted by atomic mass is 79.9. The van der Waals surface area contributed by atoms with Crippen LogP contribution in [0.3, 0.4) is 0 Å². The molecule has 0 aliphatic heterocycles. The summed E-state index contributed by atoms with van der Waals surface area (Å²) in [7, 11) is 1.71. The predicted molar refractivity (Wildman–Crippen MR) is 82.4 cm³/mol. The first kappa shape index (κ1) is 14.1. The molecule has 0 radical (unpaired) electrons. The van der Waals surface area contributed by atoms with E-state index >= 15 is 0 Å². The van der Waals surface area contributed by atoms with Crippen molar-refractivity contribution in [3.63, 3.8) is 0 Å². The Kier molecular flexibility index (Phi) is 5.00. The van der Waals surface area contributed by atoms with Gasteiger partial charge in [0.25, 0.3) is 0 Å². The smallest absolute Gasteiger partial charge is 0.123 e. The molecule has 3 heteroatoms. The second-order valence-electron chi connectivity index (χ2n) is 4.50. The minimum Gasteiger partial charge on any atom is -0.496 e. The van der Waals surface area contributed by atoms with E-state index in [2.05, 4.69) is 52.4 Å². The lowest BCUT2D eigenvalue weighted by Crippen LogP contribution is -2.13. The van der Waals surface area contributed by atoms with Crippen LogP contribution >= 0.6 is 15.9 Å². The van der Waals surface area contributed by atoms with E-state index < -0.39 is 0 Å². The molecule has 0 fully saturated rings. The minimum atomic E-state index is 0.805. The van der Waals surface area contributed by atoms with Crippen LogP contribution in [0.4, 0.5) is 0 Å². The lowest BCUT2D eigenvalue weighted by molar-refractivity contribution is 0.407. The zero-order chi connectivity index (χ0) is 13.7. The van der Waals surface area contributed by atoms with Gasteiger partial charge in [0, 0.05) is 23.1 Å². The van der Waals surface area contributed by atoms with Crippen LogP contribution < -0.4 is 10.1 Å². The molecule has 2 rings (SSSR count). The van der Waals surface area contributed by atoms with Gasteiger partial charge in [-0.2, -0.15) is 0 Å². The van der Waals surface area contributed by atoms with Crippen LogP contribution in [0.15, 0.2) is 46.9 Å². The van der Waals surface area contributed by atoms with Gasteiger partial charge in [0.2, 0.25) is 0 Å². The third kappa shape index (κ3) is 3.82. The fraction of sp³-hybridized carbons (Fsp3) is 0.250. The average Bonchev–Trinajstić information content (AvgIpc) is 2.43. The fourth-order valence-electron chi connectivity index (χ4n) is 2.01. The minimum absolute atomic E-state index is 0.805. The Hall–Kier alpha value is -1.32. The van der Waals surface area contributed by atoms with Crippen molar-refractivity contribution in [3.8, 4) is 5.75 Å². The Morgan fingerprint density at radius 2 is 1.89 bits per heavy atom. The van der Waals surface area contributed by atoms with Gasteiger partial charge in [0.1, 0.15) is 5.75 Å². The first-order valence-corrected chi connectivity index (χ1v) is 7.07. The van der Waals surface area contributed by atoms with Gasteiger partial charge in [-0.1, -0.05) is 46.3 Å². The third-order valence-corrected chi connectivity index (χ3v) is 3.95. The van der Waals surface area contributed by atoms with Crippen molar-refractivity contribution in [2.75, 3.05) is 7.11 Å². The van der Waals surface area contributed by atoms with Crippen molar-refractivity contribution in [1.29, 1.82) is 0 Å². The molecule has 0 saturated heterocycles. The van der Waals surface area contributed by atoms with Crippen LogP contribution in [0.2, 0.25) is 0 Å². The Labute approximate surface area is 122 Å². The number of rotatable bonds is 5. The van der Waals surface area contributed by atoms with Crippen LogP contribution in [0.5, 0.6) is 5.75 Å². The Morgan fingerprint density at radius 1 is 1.11 bits per heavy atom. The molecule has 0 aliphatic rings. The highest BCUT2D eigenvalue weighted by Crippen LogP contribution is 2.18. The molecule has 0 amide bonds. The first-order valence-electron chi connectivity index (χ1n) is 6.28. The van der Waals surface area contributed by atoms with Crippen LogP contribution in [0.1, 0.15) is 16.7 Å². The number of aryl methyl sites for hydroxylation is 1. The largest absolute Gasteiger partial charge is 0.496 e. The molecule has 0 bridgehead atoms. The van der Waals surface area contributed by atoms with Crippen molar-refractivity contribution < 1.29 is 4.74 Å². The molecule has 0 spiro atoms. The second kappa shape index (κ2) is 6.73. The highest BCUT2D eigenvalue weighted by Gasteiger charge is 2.01. The monoisotopic (exact) mass is 319 g/mol. The molecular weight excluding hydrogens is 302 g/mol. The maximum atomic E-state index is 5.34. The molecule has 0 heterocycles. The summed E-state index contributed by atoms with van der Waals surface area (Å²) in [5.41, 5.74) is 3.73. The van der Waals surface area contributed by atoms with Crippen LogP contribution in [-0.4, -0.2) is 7.11 Å². The summed E-state index contributed by atoms with van der Waals surface area (Å²) in [4.78, 5) is 0. The van der Waals surface area contributed by atoms with E-state index in [1.54, 1.807) is 7.11 Å². The number of halogens is 1. The average molecular weight is 320 g/mol. The predicted octanol–water partition coefficient (Wildman–Crippen LogP) is 4.06. The van der Waals surface area contributed by atoms with Crippen LogP contribution in [0, 0.1) is 6.92 Å². The summed E-state index contributed by atoms with van der Waals surface area (Å²) in [6.07, 6.45) is 0. The van der Waals surface area contributed by atoms with E-state index in [0.717, 1.165) is 23.3 Å². The number of para-hydroxylation sites is 1.